The second-order valence-corrected chi connectivity index (χ2v) is 6.21. The Hall–Kier alpha value is -3.10. The van der Waals surface area contributed by atoms with Crippen LogP contribution in [-0.2, 0) is 6.42 Å². The van der Waals surface area contributed by atoms with Gasteiger partial charge in [0.1, 0.15) is 6.23 Å². The summed E-state index contributed by atoms with van der Waals surface area (Å²) in [5, 5.41) is 15.8. The molecule has 2 aromatic carbocycles. The van der Waals surface area contributed by atoms with Crippen molar-refractivity contribution < 1.29 is 9.90 Å². The second-order valence-electron chi connectivity index (χ2n) is 6.21. The maximum atomic E-state index is 12.7. The van der Waals surface area contributed by atoms with Crippen molar-refractivity contribution in [2.75, 3.05) is 23.8 Å². The first kappa shape index (κ1) is 16.4. The van der Waals surface area contributed by atoms with E-state index in [9.17, 15) is 14.7 Å². The zero-order valence-electron chi connectivity index (χ0n) is 14.2. The number of anilines is 2. The maximum absolute atomic E-state index is 12.7. The molecule has 8 heteroatoms. The lowest BCUT2D eigenvalue weighted by atomic mass is 10.0. The highest BCUT2D eigenvalue weighted by Gasteiger charge is 2.28. The van der Waals surface area contributed by atoms with Crippen LogP contribution in [0, 0.1) is 0 Å². The Labute approximate surface area is 148 Å². The third-order valence-electron chi connectivity index (χ3n) is 4.64. The first-order valence-electron chi connectivity index (χ1n) is 8.34. The predicted molar refractivity (Wildman–Crippen MR) is 99.4 cm³/mol. The van der Waals surface area contributed by atoms with Crippen LogP contribution >= 0.6 is 0 Å². The molecule has 1 unspecified atom stereocenters. The molecule has 0 spiro atoms. The molecule has 5 N–H and O–H groups in total. The maximum Gasteiger partial charge on any atom is 0.326 e. The molecule has 26 heavy (non-hydrogen) atoms. The number of aromatic amines is 2. The number of hydrogen-bond acceptors (Lipinski definition) is 4. The van der Waals surface area contributed by atoms with Gasteiger partial charge in [0.05, 0.1) is 11.0 Å². The monoisotopic (exact) mass is 353 g/mol. The lowest BCUT2D eigenvalue weighted by molar-refractivity contribution is 0.148. The predicted octanol–water partition coefficient (Wildman–Crippen LogP) is 1.66. The molecule has 0 saturated carbocycles. The lowest BCUT2D eigenvalue weighted by Gasteiger charge is -2.19. The summed E-state index contributed by atoms with van der Waals surface area (Å²) >= 11 is 0. The topological polar surface area (TPSA) is 113 Å². The molecule has 1 aromatic heterocycles. The number of aromatic nitrogens is 2. The Morgan fingerprint density at radius 3 is 2.85 bits per heavy atom. The van der Waals surface area contributed by atoms with Crippen LogP contribution in [0.25, 0.3) is 11.0 Å². The first-order valence-corrected chi connectivity index (χ1v) is 8.34. The summed E-state index contributed by atoms with van der Waals surface area (Å²) in [6.45, 7) is 0.540. The van der Waals surface area contributed by atoms with Gasteiger partial charge in [-0.2, -0.15) is 0 Å². The summed E-state index contributed by atoms with van der Waals surface area (Å²) in [7, 11) is 1.69. The lowest BCUT2D eigenvalue weighted by Crippen LogP contribution is -2.33. The smallest absolute Gasteiger partial charge is 0.326 e. The van der Waals surface area contributed by atoms with E-state index >= 15 is 0 Å². The van der Waals surface area contributed by atoms with Gasteiger partial charge in [0, 0.05) is 23.5 Å². The van der Waals surface area contributed by atoms with Gasteiger partial charge in [0.25, 0.3) is 0 Å². The Morgan fingerprint density at radius 2 is 2.04 bits per heavy atom. The van der Waals surface area contributed by atoms with Gasteiger partial charge in [-0.3, -0.25) is 10.2 Å². The van der Waals surface area contributed by atoms with E-state index in [1.807, 2.05) is 18.2 Å². The third kappa shape index (κ3) is 2.75. The van der Waals surface area contributed by atoms with Crippen LogP contribution in [0.2, 0.25) is 0 Å². The first-order chi connectivity index (χ1) is 12.6. The molecule has 134 valence electrons. The number of aliphatic hydroxyl groups excluding tert-OH is 1. The van der Waals surface area contributed by atoms with E-state index in [1.54, 1.807) is 30.1 Å². The standard InChI is InChI=1S/C18H19N5O3/c1-19-16(24)12-3-2-4-15-11(12)7-8-23(15)18(26)20-10-5-6-13-14(9-10)22-17(25)21-13/h2-6,9,16,19,24H,7-8H2,1H3,(H,20,26)(H2,21,22,25). The minimum atomic E-state index is -0.763. The van der Waals surface area contributed by atoms with Gasteiger partial charge in [-0.05, 0) is 43.3 Å². The highest BCUT2D eigenvalue weighted by molar-refractivity contribution is 6.04. The average Bonchev–Trinajstić information content (AvgIpc) is 3.22. The fraction of sp³-hybridized carbons (Fsp3) is 0.222. The van der Waals surface area contributed by atoms with Gasteiger partial charge >= 0.3 is 11.7 Å². The van der Waals surface area contributed by atoms with Crippen molar-refractivity contribution >= 4 is 28.4 Å². The Morgan fingerprint density at radius 1 is 1.23 bits per heavy atom. The summed E-state index contributed by atoms with van der Waals surface area (Å²) in [6.07, 6.45) is -0.0808. The van der Waals surface area contributed by atoms with Crippen LogP contribution in [0.15, 0.2) is 41.2 Å². The molecule has 0 aliphatic carbocycles. The van der Waals surface area contributed by atoms with Crippen molar-refractivity contribution in [1.82, 2.24) is 15.3 Å². The number of aliphatic hydroxyl groups is 1. The van der Waals surface area contributed by atoms with Crippen molar-refractivity contribution in [2.45, 2.75) is 12.6 Å². The highest BCUT2D eigenvalue weighted by Crippen LogP contribution is 2.33. The van der Waals surface area contributed by atoms with Crippen molar-refractivity contribution in [3.05, 3.63) is 58.0 Å². The quantitative estimate of drug-likeness (QED) is 0.461. The number of urea groups is 1. The van der Waals surface area contributed by atoms with E-state index in [2.05, 4.69) is 20.6 Å². The van der Waals surface area contributed by atoms with E-state index in [1.165, 1.54) is 0 Å². The number of nitrogens with zero attached hydrogens (tertiary/aromatic N) is 1. The number of hydrogen-bond donors (Lipinski definition) is 5. The number of H-pyrrole nitrogens is 2. The van der Waals surface area contributed by atoms with E-state index in [-0.39, 0.29) is 11.7 Å². The molecule has 1 aliphatic rings. The van der Waals surface area contributed by atoms with E-state index in [4.69, 9.17) is 0 Å². The Bertz CT molecular complexity index is 1040. The number of carbonyl (C=O) groups excluding carboxylic acids is 1. The normalized spacial score (nSPS) is 14.5. The molecular formula is C18H19N5O3. The van der Waals surface area contributed by atoms with Crippen LogP contribution < -0.4 is 21.2 Å². The Balaban J connectivity index is 1.59. The molecule has 1 aliphatic heterocycles. The van der Waals surface area contributed by atoms with Crippen molar-refractivity contribution in [3.63, 3.8) is 0 Å². The number of rotatable bonds is 3. The van der Waals surface area contributed by atoms with E-state index in [0.29, 0.717) is 29.7 Å². The fourth-order valence-corrected chi connectivity index (χ4v) is 3.39. The molecule has 0 saturated heterocycles. The third-order valence-corrected chi connectivity index (χ3v) is 4.64. The van der Waals surface area contributed by atoms with Crippen LogP contribution in [0.1, 0.15) is 17.4 Å². The largest absolute Gasteiger partial charge is 0.374 e. The van der Waals surface area contributed by atoms with Gasteiger partial charge in [0.15, 0.2) is 0 Å². The molecular weight excluding hydrogens is 334 g/mol. The SMILES string of the molecule is CNC(O)c1cccc2c1CCN2C(=O)Nc1ccc2[nH]c(=O)[nH]c2c1. The van der Waals surface area contributed by atoms with Crippen LogP contribution in [-0.4, -0.2) is 34.7 Å². The minimum Gasteiger partial charge on any atom is -0.374 e. The number of amides is 2. The van der Waals surface area contributed by atoms with Crippen LogP contribution in [0.3, 0.4) is 0 Å². The molecule has 8 nitrogen and oxygen atoms in total. The summed E-state index contributed by atoms with van der Waals surface area (Å²) < 4.78 is 0. The van der Waals surface area contributed by atoms with Crippen molar-refractivity contribution in [1.29, 1.82) is 0 Å². The summed E-state index contributed by atoms with van der Waals surface area (Å²) in [4.78, 5) is 31.1. The van der Waals surface area contributed by atoms with Gasteiger partial charge in [-0.15, -0.1) is 0 Å². The van der Waals surface area contributed by atoms with Crippen molar-refractivity contribution in [2.24, 2.45) is 0 Å². The zero-order chi connectivity index (χ0) is 18.3. The van der Waals surface area contributed by atoms with Gasteiger partial charge in [0.2, 0.25) is 0 Å². The molecule has 4 rings (SSSR count). The van der Waals surface area contributed by atoms with Crippen molar-refractivity contribution in [3.8, 4) is 0 Å². The molecule has 0 bridgehead atoms. The number of carbonyl (C=O) groups is 1. The number of benzene rings is 2. The number of nitrogens with one attached hydrogen (secondary N) is 4. The second kappa shape index (κ2) is 6.32. The molecule has 1 atom stereocenters. The number of imidazole rings is 1. The van der Waals surface area contributed by atoms with Gasteiger partial charge in [-0.25, -0.2) is 9.59 Å². The average molecular weight is 353 g/mol. The molecule has 0 radical (unpaired) electrons. The highest BCUT2D eigenvalue weighted by atomic mass is 16.3. The summed E-state index contributed by atoms with van der Waals surface area (Å²) in [6, 6.07) is 10.5. The number of fused-ring (bicyclic) bond motifs is 2. The summed E-state index contributed by atoms with van der Waals surface area (Å²) in [5.74, 6) is 0. The fourth-order valence-electron chi connectivity index (χ4n) is 3.39. The van der Waals surface area contributed by atoms with Gasteiger partial charge in [-0.1, -0.05) is 12.1 Å². The molecule has 2 amide bonds. The van der Waals surface area contributed by atoms with E-state index < -0.39 is 6.23 Å². The zero-order valence-corrected chi connectivity index (χ0v) is 14.2. The molecule has 3 aromatic rings. The molecule has 2 heterocycles. The molecule has 0 fully saturated rings. The minimum absolute atomic E-state index is 0.253. The van der Waals surface area contributed by atoms with Gasteiger partial charge < -0.3 is 20.4 Å². The van der Waals surface area contributed by atoms with E-state index in [0.717, 1.165) is 16.8 Å². The Kier molecular flexibility index (Phi) is 3.98. The van der Waals surface area contributed by atoms with Crippen LogP contribution in [0.4, 0.5) is 16.2 Å². The summed E-state index contributed by atoms with van der Waals surface area (Å²) in [5.41, 5.74) is 4.18. The van der Waals surface area contributed by atoms with Crippen LogP contribution in [0.5, 0.6) is 0 Å².